The van der Waals surface area contributed by atoms with Crippen LogP contribution in [0.2, 0.25) is 5.02 Å². The molecule has 20 heavy (non-hydrogen) atoms. The standard InChI is InChI=1S/C14H18ClNO4/c15-11-6-9(7-12(16)14(17)18)3-4-13(11)20-10-2-1-5-19-8-10/h3-4,6,10,12H,1-2,5,7-8,16H2,(H,17,18). The molecule has 0 aromatic heterocycles. The molecule has 0 spiro atoms. The number of nitrogens with two attached hydrogens (primary N) is 1. The van der Waals surface area contributed by atoms with E-state index < -0.39 is 12.0 Å². The van der Waals surface area contributed by atoms with Crippen molar-refractivity contribution in [1.29, 1.82) is 0 Å². The smallest absolute Gasteiger partial charge is 0.320 e. The van der Waals surface area contributed by atoms with Gasteiger partial charge in [-0.15, -0.1) is 0 Å². The van der Waals surface area contributed by atoms with E-state index >= 15 is 0 Å². The van der Waals surface area contributed by atoms with Crippen LogP contribution in [-0.2, 0) is 16.0 Å². The normalized spacial score (nSPS) is 20.4. The van der Waals surface area contributed by atoms with E-state index in [4.69, 9.17) is 31.9 Å². The minimum atomic E-state index is -1.03. The lowest BCUT2D eigenvalue weighted by atomic mass is 10.1. The Hall–Kier alpha value is -1.30. The van der Waals surface area contributed by atoms with Gasteiger partial charge >= 0.3 is 5.97 Å². The van der Waals surface area contributed by atoms with Crippen LogP contribution in [0, 0.1) is 0 Å². The second-order valence-electron chi connectivity index (χ2n) is 4.87. The number of rotatable bonds is 5. The fourth-order valence-corrected chi connectivity index (χ4v) is 2.34. The maximum Gasteiger partial charge on any atom is 0.320 e. The second-order valence-corrected chi connectivity index (χ2v) is 5.28. The number of carboxylic acids is 1. The average Bonchev–Trinajstić information content (AvgIpc) is 2.43. The van der Waals surface area contributed by atoms with E-state index in [-0.39, 0.29) is 12.5 Å². The molecule has 1 aliphatic heterocycles. The summed E-state index contributed by atoms with van der Waals surface area (Å²) in [5.41, 5.74) is 6.27. The first-order valence-electron chi connectivity index (χ1n) is 6.57. The highest BCUT2D eigenvalue weighted by Gasteiger charge is 2.17. The number of carboxylic acid groups (broad SMARTS) is 1. The molecule has 1 fully saturated rings. The molecule has 110 valence electrons. The minimum absolute atomic E-state index is 0.0216. The quantitative estimate of drug-likeness (QED) is 0.867. The molecule has 0 amide bonds. The molecule has 0 saturated carbocycles. The molecular weight excluding hydrogens is 282 g/mol. The summed E-state index contributed by atoms with van der Waals surface area (Å²) in [6.45, 7) is 1.35. The van der Waals surface area contributed by atoms with Crippen LogP contribution in [0.5, 0.6) is 5.75 Å². The second kappa shape index (κ2) is 6.92. The zero-order chi connectivity index (χ0) is 14.5. The maximum absolute atomic E-state index is 10.7. The third-order valence-corrected chi connectivity index (χ3v) is 3.48. The highest BCUT2D eigenvalue weighted by Crippen LogP contribution is 2.28. The van der Waals surface area contributed by atoms with Gasteiger partial charge in [-0.3, -0.25) is 4.79 Å². The van der Waals surface area contributed by atoms with Gasteiger partial charge in [-0.25, -0.2) is 0 Å². The minimum Gasteiger partial charge on any atom is -0.486 e. The fourth-order valence-electron chi connectivity index (χ4n) is 2.09. The lowest BCUT2D eigenvalue weighted by molar-refractivity contribution is -0.138. The van der Waals surface area contributed by atoms with Crippen LogP contribution in [0.4, 0.5) is 0 Å². The van der Waals surface area contributed by atoms with Crippen molar-refractivity contribution in [3.8, 4) is 5.75 Å². The molecule has 1 heterocycles. The van der Waals surface area contributed by atoms with Gasteiger partial charge in [-0.05, 0) is 37.0 Å². The summed E-state index contributed by atoms with van der Waals surface area (Å²) in [5, 5.41) is 9.25. The van der Waals surface area contributed by atoms with Crippen molar-refractivity contribution in [1.82, 2.24) is 0 Å². The summed E-state index contributed by atoms with van der Waals surface area (Å²) in [6, 6.07) is 4.31. The average molecular weight is 300 g/mol. The van der Waals surface area contributed by atoms with E-state index in [2.05, 4.69) is 0 Å². The highest BCUT2D eigenvalue weighted by molar-refractivity contribution is 6.32. The molecule has 6 heteroatoms. The van der Waals surface area contributed by atoms with E-state index in [1.807, 2.05) is 0 Å². The molecular formula is C14H18ClNO4. The Morgan fingerprint density at radius 2 is 2.40 bits per heavy atom. The lowest BCUT2D eigenvalue weighted by Gasteiger charge is -2.24. The van der Waals surface area contributed by atoms with Gasteiger partial charge in [0.1, 0.15) is 17.9 Å². The number of aliphatic carboxylic acids is 1. The molecule has 1 aliphatic rings. The van der Waals surface area contributed by atoms with Crippen molar-refractivity contribution in [3.63, 3.8) is 0 Å². The molecule has 3 N–H and O–H groups in total. The summed E-state index contributed by atoms with van der Waals surface area (Å²) >= 11 is 6.16. The SMILES string of the molecule is NC(Cc1ccc(OC2CCCOC2)c(Cl)c1)C(=O)O. The van der Waals surface area contributed by atoms with E-state index in [1.165, 1.54) is 0 Å². The Labute approximate surface area is 122 Å². The summed E-state index contributed by atoms with van der Waals surface area (Å²) < 4.78 is 11.1. The Morgan fingerprint density at radius 1 is 1.60 bits per heavy atom. The van der Waals surface area contributed by atoms with Gasteiger partial charge < -0.3 is 20.3 Å². The van der Waals surface area contributed by atoms with Crippen molar-refractivity contribution in [2.75, 3.05) is 13.2 Å². The van der Waals surface area contributed by atoms with Gasteiger partial charge in [0.05, 0.1) is 11.6 Å². The molecule has 2 atom stereocenters. The number of ether oxygens (including phenoxy) is 2. The van der Waals surface area contributed by atoms with Gasteiger partial charge in [0.2, 0.25) is 0 Å². The van der Waals surface area contributed by atoms with Crippen molar-refractivity contribution < 1.29 is 19.4 Å². The summed E-state index contributed by atoms with van der Waals surface area (Å²) in [6.07, 6.45) is 2.19. The van der Waals surface area contributed by atoms with Crippen LogP contribution in [0.3, 0.4) is 0 Å². The molecule has 2 unspecified atom stereocenters. The Bertz CT molecular complexity index is 474. The van der Waals surface area contributed by atoms with E-state index in [0.717, 1.165) is 25.0 Å². The molecule has 1 aromatic rings. The zero-order valence-electron chi connectivity index (χ0n) is 11.0. The van der Waals surface area contributed by atoms with Crippen LogP contribution in [0.15, 0.2) is 18.2 Å². The molecule has 0 aliphatic carbocycles. The van der Waals surface area contributed by atoms with Crippen molar-refractivity contribution in [2.45, 2.75) is 31.4 Å². The first-order chi connectivity index (χ1) is 9.56. The van der Waals surface area contributed by atoms with Crippen LogP contribution < -0.4 is 10.5 Å². The zero-order valence-corrected chi connectivity index (χ0v) is 11.8. The maximum atomic E-state index is 10.7. The molecule has 1 aromatic carbocycles. The van der Waals surface area contributed by atoms with Crippen molar-refractivity contribution >= 4 is 17.6 Å². The molecule has 2 rings (SSSR count). The van der Waals surface area contributed by atoms with Gasteiger partial charge in [0, 0.05) is 6.61 Å². The van der Waals surface area contributed by atoms with Crippen LogP contribution in [0.25, 0.3) is 0 Å². The number of carbonyl (C=O) groups is 1. The van der Waals surface area contributed by atoms with Gasteiger partial charge in [-0.1, -0.05) is 17.7 Å². The van der Waals surface area contributed by atoms with Gasteiger partial charge in [0.15, 0.2) is 0 Å². The van der Waals surface area contributed by atoms with Crippen molar-refractivity contribution in [3.05, 3.63) is 28.8 Å². The number of benzene rings is 1. The third kappa shape index (κ3) is 4.10. The van der Waals surface area contributed by atoms with E-state index in [9.17, 15) is 4.79 Å². The number of hydrogen-bond acceptors (Lipinski definition) is 4. The predicted molar refractivity (Wildman–Crippen MR) is 75.2 cm³/mol. The first kappa shape index (κ1) is 15.1. The van der Waals surface area contributed by atoms with Crippen LogP contribution in [0.1, 0.15) is 18.4 Å². The summed E-state index contributed by atoms with van der Waals surface area (Å²) in [7, 11) is 0. The molecule has 1 saturated heterocycles. The largest absolute Gasteiger partial charge is 0.486 e. The number of halogens is 1. The van der Waals surface area contributed by atoms with Crippen LogP contribution >= 0.6 is 11.6 Å². The molecule has 0 radical (unpaired) electrons. The predicted octanol–water partition coefficient (Wildman–Crippen LogP) is 1.85. The molecule has 5 nitrogen and oxygen atoms in total. The fraction of sp³-hybridized carbons (Fsp3) is 0.500. The van der Waals surface area contributed by atoms with Gasteiger partial charge in [0.25, 0.3) is 0 Å². The van der Waals surface area contributed by atoms with Crippen molar-refractivity contribution in [2.24, 2.45) is 5.73 Å². The van der Waals surface area contributed by atoms with E-state index in [1.54, 1.807) is 18.2 Å². The van der Waals surface area contributed by atoms with E-state index in [0.29, 0.717) is 17.4 Å². The Kier molecular flexibility index (Phi) is 5.23. The Balaban J connectivity index is 1.99. The lowest BCUT2D eigenvalue weighted by Crippen LogP contribution is -2.32. The summed E-state index contributed by atoms with van der Waals surface area (Å²) in [4.78, 5) is 10.7. The Morgan fingerprint density at radius 3 is 3.00 bits per heavy atom. The highest BCUT2D eigenvalue weighted by atomic mass is 35.5. The number of hydrogen-bond donors (Lipinski definition) is 2. The monoisotopic (exact) mass is 299 g/mol. The molecule has 0 bridgehead atoms. The summed E-state index contributed by atoms with van der Waals surface area (Å²) in [5.74, 6) is -0.435. The topological polar surface area (TPSA) is 81.8 Å². The first-order valence-corrected chi connectivity index (χ1v) is 6.95. The van der Waals surface area contributed by atoms with Crippen LogP contribution in [-0.4, -0.2) is 36.4 Å². The van der Waals surface area contributed by atoms with Gasteiger partial charge in [-0.2, -0.15) is 0 Å². The third-order valence-electron chi connectivity index (χ3n) is 3.18.